The lowest BCUT2D eigenvalue weighted by molar-refractivity contribution is 0.0952. The monoisotopic (exact) mass is 354 g/mol. The van der Waals surface area contributed by atoms with E-state index in [2.05, 4.69) is 10.6 Å². The highest BCUT2D eigenvalue weighted by Crippen LogP contribution is 2.03. The lowest BCUT2D eigenvalue weighted by atomic mass is 10.1. The fourth-order valence-electron chi connectivity index (χ4n) is 2.23. The number of aldehydes is 1. The van der Waals surface area contributed by atoms with E-state index in [4.69, 9.17) is 4.74 Å². The average molecular weight is 354 g/mol. The molecule has 0 aliphatic carbocycles. The number of benzene rings is 2. The number of nitrogens with one attached hydrogen (secondary N) is 2. The van der Waals surface area contributed by atoms with Crippen LogP contribution in [0.15, 0.2) is 54.6 Å². The molecule has 0 aliphatic rings. The molecule has 0 radical (unpaired) electrons. The quantitative estimate of drug-likeness (QED) is 0.536. The zero-order valence-electron chi connectivity index (χ0n) is 14.4. The van der Waals surface area contributed by atoms with Crippen LogP contribution in [-0.2, 0) is 11.3 Å². The van der Waals surface area contributed by atoms with Crippen molar-refractivity contribution >= 4 is 18.3 Å². The number of hydrogen-bond donors (Lipinski definition) is 2. The largest absolute Gasteiger partial charge is 0.445 e. The molecule has 2 rings (SSSR count). The summed E-state index contributed by atoms with van der Waals surface area (Å²) in [5.41, 5.74) is 1.98. The Bertz CT molecular complexity index is 714. The maximum absolute atomic E-state index is 11.9. The first kappa shape index (κ1) is 19.2. The Labute approximate surface area is 152 Å². The van der Waals surface area contributed by atoms with Crippen LogP contribution in [-0.4, -0.2) is 31.4 Å². The molecule has 0 aromatic heterocycles. The van der Waals surface area contributed by atoms with Gasteiger partial charge >= 0.3 is 6.09 Å². The summed E-state index contributed by atoms with van der Waals surface area (Å²) in [6.45, 7) is 1.23. The molecule has 0 saturated heterocycles. The van der Waals surface area contributed by atoms with E-state index in [9.17, 15) is 14.4 Å². The van der Waals surface area contributed by atoms with Gasteiger partial charge in [0.1, 0.15) is 12.9 Å². The summed E-state index contributed by atoms with van der Waals surface area (Å²) in [4.78, 5) is 34.1. The molecule has 2 amide bonds. The predicted molar refractivity (Wildman–Crippen MR) is 98.0 cm³/mol. The molecule has 0 spiro atoms. The third-order valence-corrected chi connectivity index (χ3v) is 3.68. The minimum atomic E-state index is -0.451. The van der Waals surface area contributed by atoms with Crippen LogP contribution in [0.4, 0.5) is 4.79 Å². The zero-order chi connectivity index (χ0) is 18.6. The highest BCUT2D eigenvalue weighted by atomic mass is 16.5. The molecule has 0 heterocycles. The van der Waals surface area contributed by atoms with Gasteiger partial charge in [0.15, 0.2) is 0 Å². The Balaban J connectivity index is 1.53. The van der Waals surface area contributed by atoms with Crippen LogP contribution < -0.4 is 10.6 Å². The first-order valence-electron chi connectivity index (χ1n) is 8.47. The van der Waals surface area contributed by atoms with Gasteiger partial charge < -0.3 is 15.4 Å². The maximum atomic E-state index is 11.9. The van der Waals surface area contributed by atoms with Crippen molar-refractivity contribution < 1.29 is 19.1 Å². The second kappa shape index (κ2) is 10.7. The highest BCUT2D eigenvalue weighted by molar-refractivity contribution is 5.94. The van der Waals surface area contributed by atoms with E-state index in [1.165, 1.54) is 0 Å². The van der Waals surface area contributed by atoms with E-state index < -0.39 is 6.09 Å². The van der Waals surface area contributed by atoms with E-state index in [1.54, 1.807) is 24.3 Å². The number of alkyl carbamates (subject to hydrolysis) is 1. The number of ether oxygens (including phenoxy) is 1. The molecule has 2 aromatic rings. The standard InChI is InChI=1S/C20H22N2O4/c23-14-16-8-10-18(11-9-16)19(24)21-12-4-5-13-22-20(25)26-15-17-6-2-1-3-7-17/h1-3,6-11,14H,4-5,12-13,15H2,(H,21,24)(H,22,25). The van der Waals surface area contributed by atoms with Gasteiger partial charge in [-0.15, -0.1) is 0 Å². The Morgan fingerprint density at radius 1 is 0.885 bits per heavy atom. The predicted octanol–water partition coefficient (Wildman–Crippen LogP) is 2.94. The van der Waals surface area contributed by atoms with E-state index in [0.717, 1.165) is 24.7 Å². The highest BCUT2D eigenvalue weighted by Gasteiger charge is 2.05. The van der Waals surface area contributed by atoms with Crippen molar-refractivity contribution in [3.8, 4) is 0 Å². The van der Waals surface area contributed by atoms with Crippen LogP contribution in [0.3, 0.4) is 0 Å². The van der Waals surface area contributed by atoms with Gasteiger partial charge in [-0.05, 0) is 30.5 Å². The van der Waals surface area contributed by atoms with Gasteiger partial charge in [-0.3, -0.25) is 9.59 Å². The van der Waals surface area contributed by atoms with Crippen molar-refractivity contribution in [3.63, 3.8) is 0 Å². The van der Waals surface area contributed by atoms with E-state index in [0.29, 0.717) is 24.2 Å². The normalized spacial score (nSPS) is 10.0. The van der Waals surface area contributed by atoms with Crippen LogP contribution in [0.1, 0.15) is 39.1 Å². The van der Waals surface area contributed by atoms with Crippen LogP contribution in [0.2, 0.25) is 0 Å². The van der Waals surface area contributed by atoms with Gasteiger partial charge in [-0.1, -0.05) is 42.5 Å². The number of rotatable bonds is 9. The molecule has 2 N–H and O–H groups in total. The summed E-state index contributed by atoms with van der Waals surface area (Å²) >= 11 is 0. The first-order chi connectivity index (χ1) is 12.7. The molecule has 0 saturated carbocycles. The van der Waals surface area contributed by atoms with Gasteiger partial charge in [0.05, 0.1) is 0 Å². The van der Waals surface area contributed by atoms with Crippen molar-refractivity contribution in [1.82, 2.24) is 10.6 Å². The fourth-order valence-corrected chi connectivity index (χ4v) is 2.23. The molecule has 6 nitrogen and oxygen atoms in total. The molecule has 26 heavy (non-hydrogen) atoms. The van der Waals surface area contributed by atoms with Crippen LogP contribution in [0.25, 0.3) is 0 Å². The lowest BCUT2D eigenvalue weighted by Crippen LogP contribution is -2.27. The van der Waals surface area contributed by atoms with Gasteiger partial charge in [0.2, 0.25) is 0 Å². The number of hydrogen-bond acceptors (Lipinski definition) is 4. The minimum Gasteiger partial charge on any atom is -0.445 e. The summed E-state index contributed by atoms with van der Waals surface area (Å²) in [6.07, 6.45) is 1.75. The topological polar surface area (TPSA) is 84.5 Å². The van der Waals surface area contributed by atoms with Gasteiger partial charge in [-0.25, -0.2) is 4.79 Å². The number of amides is 2. The number of carbonyl (C=O) groups is 3. The number of unbranched alkanes of at least 4 members (excludes halogenated alkanes) is 1. The fraction of sp³-hybridized carbons (Fsp3) is 0.250. The molecule has 0 aliphatic heterocycles. The third kappa shape index (κ3) is 6.76. The van der Waals surface area contributed by atoms with E-state index >= 15 is 0 Å². The number of carbonyl (C=O) groups excluding carboxylic acids is 3. The van der Waals surface area contributed by atoms with E-state index in [1.807, 2.05) is 30.3 Å². The van der Waals surface area contributed by atoms with Crippen LogP contribution in [0, 0.1) is 0 Å². The Morgan fingerprint density at radius 2 is 1.54 bits per heavy atom. The lowest BCUT2D eigenvalue weighted by Gasteiger charge is -2.08. The molecule has 2 aromatic carbocycles. The Hall–Kier alpha value is -3.15. The minimum absolute atomic E-state index is 0.183. The summed E-state index contributed by atoms with van der Waals surface area (Å²) < 4.78 is 5.10. The van der Waals surface area contributed by atoms with Crippen molar-refractivity contribution in [2.24, 2.45) is 0 Å². The summed E-state index contributed by atoms with van der Waals surface area (Å²) in [6, 6.07) is 15.9. The average Bonchev–Trinajstić information content (AvgIpc) is 2.69. The summed E-state index contributed by atoms with van der Waals surface area (Å²) in [5, 5.41) is 5.48. The molecule has 0 bridgehead atoms. The van der Waals surface area contributed by atoms with Crippen molar-refractivity contribution in [1.29, 1.82) is 0 Å². The second-order valence-corrected chi connectivity index (χ2v) is 5.69. The Kier molecular flexibility index (Phi) is 7.86. The maximum Gasteiger partial charge on any atom is 0.407 e. The second-order valence-electron chi connectivity index (χ2n) is 5.69. The summed E-state index contributed by atoms with van der Waals surface area (Å²) in [5.74, 6) is -0.183. The SMILES string of the molecule is O=Cc1ccc(C(=O)NCCCCNC(=O)OCc2ccccc2)cc1. The zero-order valence-corrected chi connectivity index (χ0v) is 14.4. The van der Waals surface area contributed by atoms with Crippen molar-refractivity contribution in [3.05, 3.63) is 71.3 Å². The molecular formula is C20H22N2O4. The van der Waals surface area contributed by atoms with Gasteiger partial charge in [-0.2, -0.15) is 0 Å². The molecule has 0 unspecified atom stereocenters. The molecule has 6 heteroatoms. The van der Waals surface area contributed by atoms with Crippen LogP contribution in [0.5, 0.6) is 0 Å². The van der Waals surface area contributed by atoms with Crippen LogP contribution >= 0.6 is 0 Å². The van der Waals surface area contributed by atoms with Gasteiger partial charge in [0, 0.05) is 24.2 Å². The third-order valence-electron chi connectivity index (χ3n) is 3.68. The molecule has 0 atom stereocenters. The molecule has 136 valence electrons. The summed E-state index contributed by atoms with van der Waals surface area (Å²) in [7, 11) is 0. The Morgan fingerprint density at radius 3 is 2.19 bits per heavy atom. The molecular weight excluding hydrogens is 332 g/mol. The van der Waals surface area contributed by atoms with Crippen molar-refractivity contribution in [2.45, 2.75) is 19.4 Å². The molecule has 0 fully saturated rings. The van der Waals surface area contributed by atoms with E-state index in [-0.39, 0.29) is 12.5 Å². The first-order valence-corrected chi connectivity index (χ1v) is 8.47. The smallest absolute Gasteiger partial charge is 0.407 e. The van der Waals surface area contributed by atoms with Gasteiger partial charge in [0.25, 0.3) is 5.91 Å². The van der Waals surface area contributed by atoms with Crippen molar-refractivity contribution in [2.75, 3.05) is 13.1 Å².